The lowest BCUT2D eigenvalue weighted by atomic mass is 9.93. The van der Waals surface area contributed by atoms with Gasteiger partial charge in [-0.15, -0.1) is 0 Å². The van der Waals surface area contributed by atoms with E-state index in [-0.39, 0.29) is 27.8 Å². The Labute approximate surface area is 227 Å². The van der Waals surface area contributed by atoms with Crippen molar-refractivity contribution in [1.29, 1.82) is 0 Å². The van der Waals surface area contributed by atoms with E-state index in [2.05, 4.69) is 20.4 Å². The average molecular weight is 538 g/mol. The molecule has 1 amide bonds. The normalized spacial score (nSPS) is 15.2. The Bertz CT molecular complexity index is 1450. The van der Waals surface area contributed by atoms with Crippen molar-refractivity contribution in [2.24, 2.45) is 5.41 Å². The van der Waals surface area contributed by atoms with Gasteiger partial charge in [0.25, 0.3) is 5.91 Å². The number of nitrogens with zero attached hydrogens (tertiary/aromatic N) is 3. The Morgan fingerprint density at radius 2 is 1.92 bits per heavy atom. The highest BCUT2D eigenvalue weighted by Gasteiger charge is 2.29. The zero-order chi connectivity index (χ0) is 27.7. The summed E-state index contributed by atoms with van der Waals surface area (Å²) in [6.07, 6.45) is 1.54. The molecule has 0 aliphatic carbocycles. The first kappa shape index (κ1) is 27.1. The van der Waals surface area contributed by atoms with E-state index in [9.17, 15) is 9.59 Å². The van der Waals surface area contributed by atoms with Crippen LogP contribution in [0.4, 0.5) is 10.1 Å². The van der Waals surface area contributed by atoms with Gasteiger partial charge in [-0.2, -0.15) is 0 Å². The van der Waals surface area contributed by atoms with Crippen molar-refractivity contribution in [1.82, 2.24) is 19.7 Å². The van der Waals surface area contributed by atoms with E-state index in [1.165, 1.54) is 6.07 Å². The third-order valence-electron chi connectivity index (χ3n) is 7.08. The second-order valence-electron chi connectivity index (χ2n) is 11.2. The first-order valence-corrected chi connectivity index (χ1v) is 13.3. The summed E-state index contributed by atoms with van der Waals surface area (Å²) in [5.74, 6) is -0.347. The number of anilines is 1. The van der Waals surface area contributed by atoms with Crippen LogP contribution in [-0.2, 0) is 4.74 Å². The van der Waals surface area contributed by atoms with Crippen LogP contribution in [0.2, 0.25) is 0 Å². The number of morpholine rings is 1. The molecule has 0 radical (unpaired) electrons. The van der Waals surface area contributed by atoms with Crippen LogP contribution in [0.15, 0.2) is 41.3 Å². The molecule has 0 atom stereocenters. The maximum absolute atomic E-state index is 15.6. The van der Waals surface area contributed by atoms with Crippen molar-refractivity contribution in [2.75, 3.05) is 71.9 Å². The Morgan fingerprint density at radius 3 is 2.67 bits per heavy atom. The first-order valence-electron chi connectivity index (χ1n) is 13.3. The number of hydrogen-bond donors (Lipinski definition) is 2. The van der Waals surface area contributed by atoms with Crippen LogP contribution in [0.3, 0.4) is 0 Å². The van der Waals surface area contributed by atoms with Crippen molar-refractivity contribution >= 4 is 22.5 Å². The molecular formula is C29H36FN5O4. The fourth-order valence-electron chi connectivity index (χ4n) is 5.38. The van der Waals surface area contributed by atoms with Gasteiger partial charge < -0.3 is 29.6 Å². The molecule has 0 unspecified atom stereocenters. The van der Waals surface area contributed by atoms with Crippen LogP contribution in [0.5, 0.6) is 11.5 Å². The predicted molar refractivity (Wildman–Crippen MR) is 150 cm³/mol. The number of amides is 1. The molecule has 10 heteroatoms. The number of benzene rings is 2. The fraction of sp³-hybridized carbons (Fsp3) is 0.448. The standard InChI is InChI=1S/C29H36FN5O4/c1-29(2,18-33(3)4)17-32-28(37)20-16-35-22-7-5-6-8-23(22)39-27-24(21(30)15-19(25(27)35)26(20)36)31-9-10-34-11-13-38-14-12-34/h5-8,15-16,31H,9-14,17-18H2,1-4H3,(H,32,37). The molecule has 208 valence electrons. The lowest BCUT2D eigenvalue weighted by Gasteiger charge is -2.29. The van der Waals surface area contributed by atoms with Crippen LogP contribution in [0.25, 0.3) is 16.6 Å². The first-order chi connectivity index (χ1) is 18.6. The topological polar surface area (TPSA) is 88.1 Å². The molecule has 2 N–H and O–H groups in total. The summed E-state index contributed by atoms with van der Waals surface area (Å²) in [6.45, 7) is 9.48. The number of nitrogens with one attached hydrogen (secondary N) is 2. The van der Waals surface area contributed by atoms with E-state index >= 15 is 4.39 Å². The number of ether oxygens (including phenoxy) is 2. The quantitative estimate of drug-likeness (QED) is 0.339. The maximum Gasteiger partial charge on any atom is 0.256 e. The average Bonchev–Trinajstić information content (AvgIpc) is 2.90. The zero-order valence-corrected chi connectivity index (χ0v) is 23.0. The second kappa shape index (κ2) is 11.0. The molecule has 1 fully saturated rings. The predicted octanol–water partition coefficient (Wildman–Crippen LogP) is 3.30. The van der Waals surface area contributed by atoms with Crippen molar-refractivity contribution in [3.05, 3.63) is 58.1 Å². The molecule has 1 aromatic heterocycles. The summed E-state index contributed by atoms with van der Waals surface area (Å²) in [4.78, 5) is 31.1. The van der Waals surface area contributed by atoms with Gasteiger partial charge in [0.15, 0.2) is 17.3 Å². The van der Waals surface area contributed by atoms with E-state index in [1.54, 1.807) is 16.8 Å². The Hall–Kier alpha value is -3.47. The number of aromatic nitrogens is 1. The second-order valence-corrected chi connectivity index (χ2v) is 11.2. The summed E-state index contributed by atoms with van der Waals surface area (Å²) in [7, 11) is 3.95. The van der Waals surface area contributed by atoms with E-state index < -0.39 is 17.2 Å². The number of carbonyl (C=O) groups excluding carboxylic acids is 1. The molecular weight excluding hydrogens is 501 g/mol. The summed E-state index contributed by atoms with van der Waals surface area (Å²) in [6, 6.07) is 8.52. The molecule has 9 nitrogen and oxygen atoms in total. The summed E-state index contributed by atoms with van der Waals surface area (Å²) in [5.41, 5.74) is 0.509. The highest BCUT2D eigenvalue weighted by atomic mass is 19.1. The van der Waals surface area contributed by atoms with Gasteiger partial charge in [0.2, 0.25) is 5.43 Å². The lowest BCUT2D eigenvalue weighted by molar-refractivity contribution is 0.0398. The Balaban J connectivity index is 1.52. The van der Waals surface area contributed by atoms with Gasteiger partial charge in [-0.05, 0) is 37.7 Å². The molecule has 3 heterocycles. The Kier molecular flexibility index (Phi) is 7.61. The minimum atomic E-state index is -0.604. The van der Waals surface area contributed by atoms with Crippen LogP contribution in [-0.4, -0.2) is 86.9 Å². The minimum absolute atomic E-state index is 0.0433. The smallest absolute Gasteiger partial charge is 0.256 e. The number of pyridine rings is 1. The number of hydrogen-bond acceptors (Lipinski definition) is 7. The summed E-state index contributed by atoms with van der Waals surface area (Å²) >= 11 is 0. The number of rotatable bonds is 9. The SMILES string of the molecule is CN(C)CC(C)(C)CNC(=O)c1cn2c3c(c(NCCN4CCOCC4)c(F)cc3c1=O)Oc1ccccc1-2. The highest BCUT2D eigenvalue weighted by Crippen LogP contribution is 2.44. The van der Waals surface area contributed by atoms with Crippen molar-refractivity contribution in [2.45, 2.75) is 13.8 Å². The molecule has 2 aromatic carbocycles. The molecule has 2 aliphatic heterocycles. The highest BCUT2D eigenvalue weighted by molar-refractivity contribution is 6.01. The lowest BCUT2D eigenvalue weighted by Crippen LogP contribution is -2.41. The number of fused-ring (bicyclic) bond motifs is 2. The van der Waals surface area contributed by atoms with Crippen molar-refractivity contribution in [3.8, 4) is 17.2 Å². The third-order valence-corrected chi connectivity index (χ3v) is 7.08. The molecule has 5 rings (SSSR count). The van der Waals surface area contributed by atoms with Gasteiger partial charge in [0.05, 0.1) is 24.3 Å². The van der Waals surface area contributed by atoms with Gasteiger partial charge in [-0.25, -0.2) is 4.39 Å². The van der Waals surface area contributed by atoms with Gasteiger partial charge >= 0.3 is 0 Å². The van der Waals surface area contributed by atoms with Crippen molar-refractivity contribution in [3.63, 3.8) is 0 Å². The van der Waals surface area contributed by atoms with Crippen LogP contribution in [0.1, 0.15) is 24.2 Å². The third kappa shape index (κ3) is 5.63. The van der Waals surface area contributed by atoms with Crippen LogP contribution < -0.4 is 20.8 Å². The molecule has 0 bridgehead atoms. The van der Waals surface area contributed by atoms with Crippen LogP contribution >= 0.6 is 0 Å². The zero-order valence-electron chi connectivity index (χ0n) is 23.0. The fourth-order valence-corrected chi connectivity index (χ4v) is 5.38. The monoisotopic (exact) mass is 537 g/mol. The molecule has 3 aromatic rings. The molecule has 0 spiro atoms. The van der Waals surface area contributed by atoms with E-state index in [0.29, 0.717) is 49.8 Å². The number of para-hydroxylation sites is 2. The maximum atomic E-state index is 15.6. The van der Waals surface area contributed by atoms with Crippen LogP contribution in [0, 0.1) is 11.2 Å². The Morgan fingerprint density at radius 1 is 1.18 bits per heavy atom. The van der Waals surface area contributed by atoms with E-state index in [1.807, 2.05) is 46.1 Å². The van der Waals surface area contributed by atoms with Gasteiger partial charge in [-0.1, -0.05) is 26.0 Å². The van der Waals surface area contributed by atoms with Crippen molar-refractivity contribution < 1.29 is 18.7 Å². The van der Waals surface area contributed by atoms with Gasteiger partial charge in [0, 0.05) is 45.5 Å². The van der Waals surface area contributed by atoms with E-state index in [4.69, 9.17) is 9.47 Å². The van der Waals surface area contributed by atoms with Gasteiger partial charge in [-0.3, -0.25) is 14.5 Å². The number of halogens is 1. The molecule has 0 saturated carbocycles. The van der Waals surface area contributed by atoms with E-state index in [0.717, 1.165) is 19.6 Å². The summed E-state index contributed by atoms with van der Waals surface area (Å²) < 4.78 is 28.9. The molecule has 1 saturated heterocycles. The minimum Gasteiger partial charge on any atom is -0.451 e. The van der Waals surface area contributed by atoms with Gasteiger partial charge in [0.1, 0.15) is 16.8 Å². The molecule has 2 aliphatic rings. The number of carbonyl (C=O) groups is 1. The molecule has 39 heavy (non-hydrogen) atoms. The summed E-state index contributed by atoms with van der Waals surface area (Å²) in [5, 5.41) is 6.20. The largest absolute Gasteiger partial charge is 0.451 e.